The van der Waals surface area contributed by atoms with E-state index in [1.54, 1.807) is 18.0 Å². The highest BCUT2D eigenvalue weighted by molar-refractivity contribution is 6.07. The van der Waals surface area contributed by atoms with Gasteiger partial charge >= 0.3 is 0 Å². The van der Waals surface area contributed by atoms with Crippen LogP contribution in [0.3, 0.4) is 0 Å². The molecule has 1 spiro atoms. The summed E-state index contributed by atoms with van der Waals surface area (Å²) >= 11 is 0. The van der Waals surface area contributed by atoms with Crippen molar-refractivity contribution in [2.24, 2.45) is 0 Å². The Balaban J connectivity index is 1.63. The van der Waals surface area contributed by atoms with Gasteiger partial charge in [0, 0.05) is 42.4 Å². The number of nitrogens with two attached hydrogens (primary N) is 1. The molecule has 154 valence electrons. The second kappa shape index (κ2) is 6.01. The Labute approximate surface area is 170 Å². The van der Waals surface area contributed by atoms with E-state index < -0.39 is 23.1 Å². The van der Waals surface area contributed by atoms with E-state index in [0.29, 0.717) is 28.7 Å². The molecule has 9 heteroatoms. The number of nitrogen functional groups attached to an aromatic ring is 1. The van der Waals surface area contributed by atoms with Crippen LogP contribution in [0.15, 0.2) is 30.3 Å². The molecule has 2 aliphatic heterocycles. The van der Waals surface area contributed by atoms with Gasteiger partial charge in [-0.1, -0.05) is 6.07 Å². The van der Waals surface area contributed by atoms with Crippen molar-refractivity contribution in [3.8, 4) is 0 Å². The minimum Gasteiger partial charge on any atom is -0.381 e. The summed E-state index contributed by atoms with van der Waals surface area (Å²) < 4.78 is 27.7. The maximum atomic E-state index is 13.9. The number of aromatic nitrogens is 2. The number of halogens is 2. The van der Waals surface area contributed by atoms with Gasteiger partial charge in [-0.3, -0.25) is 9.59 Å². The number of amides is 2. The van der Waals surface area contributed by atoms with Gasteiger partial charge in [-0.15, -0.1) is 0 Å². The lowest BCUT2D eigenvalue weighted by molar-refractivity contribution is -0.136. The first-order valence-corrected chi connectivity index (χ1v) is 9.55. The van der Waals surface area contributed by atoms with Crippen molar-refractivity contribution >= 4 is 28.7 Å². The van der Waals surface area contributed by atoms with Crippen LogP contribution >= 0.6 is 0 Å². The number of likely N-dealkylation sites (tertiary alicyclic amines) is 1. The van der Waals surface area contributed by atoms with Gasteiger partial charge in [0.05, 0.1) is 17.6 Å². The average Bonchev–Trinajstić information content (AvgIpc) is 3.26. The number of carbonyl (C=O) groups is 2. The number of aromatic amines is 1. The second-order valence-electron chi connectivity index (χ2n) is 7.99. The third-order valence-electron chi connectivity index (χ3n) is 6.26. The van der Waals surface area contributed by atoms with Gasteiger partial charge in [-0.2, -0.15) is 0 Å². The lowest BCUT2D eigenvalue weighted by atomic mass is 9.86. The van der Waals surface area contributed by atoms with E-state index in [1.165, 1.54) is 29.2 Å². The van der Waals surface area contributed by atoms with E-state index in [0.717, 1.165) is 0 Å². The number of pyridine rings is 1. The molecule has 0 radical (unpaired) electrons. The monoisotopic (exact) mass is 411 g/mol. The van der Waals surface area contributed by atoms with Gasteiger partial charge in [0.25, 0.3) is 11.8 Å². The number of carbonyl (C=O) groups excluding carboxylic acids is 2. The van der Waals surface area contributed by atoms with Crippen LogP contribution in [-0.2, 0) is 16.9 Å². The Kier molecular flexibility index (Phi) is 3.71. The Bertz CT molecular complexity index is 1200. The quantitative estimate of drug-likeness (QED) is 0.678. The molecule has 2 amide bonds. The number of H-pyrrole nitrogens is 1. The molecule has 5 rings (SSSR count). The van der Waals surface area contributed by atoms with E-state index >= 15 is 0 Å². The predicted octanol–water partition coefficient (Wildman–Crippen LogP) is 2.53. The van der Waals surface area contributed by atoms with E-state index in [4.69, 9.17) is 5.73 Å². The van der Waals surface area contributed by atoms with Crippen molar-refractivity contribution in [2.75, 3.05) is 12.8 Å². The number of nitrogens with zero attached hydrogens (tertiary/aromatic N) is 3. The van der Waals surface area contributed by atoms with Crippen molar-refractivity contribution in [3.05, 3.63) is 58.8 Å². The molecule has 7 nitrogen and oxygen atoms in total. The van der Waals surface area contributed by atoms with E-state index in [-0.39, 0.29) is 29.9 Å². The van der Waals surface area contributed by atoms with Gasteiger partial charge < -0.3 is 20.5 Å². The van der Waals surface area contributed by atoms with Crippen molar-refractivity contribution in [1.29, 1.82) is 0 Å². The summed E-state index contributed by atoms with van der Waals surface area (Å²) in [6, 6.07) is 6.79. The number of nitrogens with one attached hydrogen (secondary N) is 1. The molecule has 1 saturated heterocycles. The average molecular weight is 411 g/mol. The van der Waals surface area contributed by atoms with Crippen molar-refractivity contribution < 1.29 is 18.4 Å². The predicted molar refractivity (Wildman–Crippen MR) is 105 cm³/mol. The molecule has 1 aromatic carbocycles. The molecule has 2 aromatic heterocycles. The maximum absolute atomic E-state index is 13.9. The van der Waals surface area contributed by atoms with Gasteiger partial charge in [-0.05, 0) is 25.1 Å². The molecule has 30 heavy (non-hydrogen) atoms. The van der Waals surface area contributed by atoms with Gasteiger partial charge in [0.15, 0.2) is 17.2 Å². The molecule has 0 saturated carbocycles. The summed E-state index contributed by atoms with van der Waals surface area (Å²) in [5.41, 5.74) is 6.50. The van der Waals surface area contributed by atoms with Crippen LogP contribution in [0.25, 0.3) is 11.0 Å². The third-order valence-corrected chi connectivity index (χ3v) is 6.26. The molecular formula is C21H19F2N5O2. The Morgan fingerprint density at radius 2 is 2.03 bits per heavy atom. The summed E-state index contributed by atoms with van der Waals surface area (Å²) in [6.45, 7) is 1.97. The first-order valence-electron chi connectivity index (χ1n) is 9.55. The fraction of sp³-hybridized carbons (Fsp3) is 0.286. The molecule has 2 atom stereocenters. The van der Waals surface area contributed by atoms with E-state index in [1.807, 2.05) is 6.92 Å². The fourth-order valence-electron chi connectivity index (χ4n) is 4.68. The molecule has 4 heterocycles. The Morgan fingerprint density at radius 3 is 2.73 bits per heavy atom. The molecule has 0 bridgehead atoms. The summed E-state index contributed by atoms with van der Waals surface area (Å²) in [4.78, 5) is 36.8. The minimum atomic E-state index is -1.21. The number of benzene rings is 1. The van der Waals surface area contributed by atoms with Crippen molar-refractivity contribution in [1.82, 2.24) is 19.8 Å². The lowest BCUT2D eigenvalue weighted by Gasteiger charge is -2.33. The number of likely N-dealkylation sites (N-methyl/N-ethyl adjacent to an activating group) is 1. The van der Waals surface area contributed by atoms with E-state index in [2.05, 4.69) is 9.97 Å². The Morgan fingerprint density at radius 1 is 1.27 bits per heavy atom. The highest BCUT2D eigenvalue weighted by Gasteiger charge is 2.60. The molecule has 3 N–H and O–H groups in total. The maximum Gasteiger partial charge on any atom is 0.255 e. The number of hydrogen-bond donors (Lipinski definition) is 2. The zero-order chi connectivity index (χ0) is 21.4. The smallest absolute Gasteiger partial charge is 0.255 e. The fourth-order valence-corrected chi connectivity index (χ4v) is 4.68. The van der Waals surface area contributed by atoms with Crippen LogP contribution in [0.1, 0.15) is 35.0 Å². The second-order valence-corrected chi connectivity index (χ2v) is 7.99. The van der Waals surface area contributed by atoms with Gasteiger partial charge in [-0.25, -0.2) is 13.8 Å². The third kappa shape index (κ3) is 2.31. The number of anilines is 1. The minimum absolute atomic E-state index is 0.0549. The van der Waals surface area contributed by atoms with Crippen LogP contribution in [0, 0.1) is 11.6 Å². The summed E-state index contributed by atoms with van der Waals surface area (Å²) in [5.74, 6) is -2.03. The van der Waals surface area contributed by atoms with Crippen molar-refractivity contribution in [2.45, 2.75) is 31.5 Å². The zero-order valence-corrected chi connectivity index (χ0v) is 16.4. The highest BCUT2D eigenvalue weighted by Crippen LogP contribution is 2.48. The van der Waals surface area contributed by atoms with Crippen LogP contribution < -0.4 is 5.73 Å². The van der Waals surface area contributed by atoms with Crippen LogP contribution in [0.2, 0.25) is 0 Å². The first kappa shape index (κ1) is 18.5. The summed E-state index contributed by atoms with van der Waals surface area (Å²) in [5, 5.41) is 0. The number of hydrogen-bond acceptors (Lipinski definition) is 4. The number of rotatable bonds is 2. The normalized spacial score (nSPS) is 23.3. The van der Waals surface area contributed by atoms with Gasteiger partial charge in [0.1, 0.15) is 5.82 Å². The van der Waals surface area contributed by atoms with Gasteiger partial charge in [0.2, 0.25) is 0 Å². The topological polar surface area (TPSA) is 95.3 Å². The van der Waals surface area contributed by atoms with Crippen molar-refractivity contribution in [3.63, 3.8) is 0 Å². The lowest BCUT2D eigenvalue weighted by Crippen LogP contribution is -2.48. The molecule has 0 aliphatic carbocycles. The molecule has 3 aromatic rings. The molecule has 2 aliphatic rings. The number of fused-ring (bicyclic) bond motifs is 3. The largest absolute Gasteiger partial charge is 0.381 e. The molecular weight excluding hydrogens is 392 g/mol. The zero-order valence-electron chi connectivity index (χ0n) is 16.4. The van der Waals surface area contributed by atoms with Crippen LogP contribution in [0.5, 0.6) is 0 Å². The molecule has 1 unspecified atom stereocenters. The standard InChI is InChI=1S/C21H19F2N5O2/c1-10-8-21(20(30)27(10)2)14-4-3-11(22)5-13(14)19(29)28(21)9-12-6-16-17(25-12)7-15(23)18(24)26-16/h3-7,10,25H,8-9H2,1-2H3,(H2,24,26)/t10-,21?/m1/s1. The summed E-state index contributed by atoms with van der Waals surface area (Å²) in [7, 11) is 1.70. The van der Waals surface area contributed by atoms with Crippen LogP contribution in [0.4, 0.5) is 14.6 Å². The first-order chi connectivity index (χ1) is 14.2. The van der Waals surface area contributed by atoms with E-state index in [9.17, 15) is 18.4 Å². The highest BCUT2D eigenvalue weighted by atomic mass is 19.1. The Hall–Kier alpha value is -3.49. The molecule has 1 fully saturated rings. The SMILES string of the molecule is C[C@@H]1CC2(C(=O)N1C)c1ccc(F)cc1C(=O)N2Cc1cc2nc(N)c(F)cc2[nH]1. The summed E-state index contributed by atoms with van der Waals surface area (Å²) in [6.07, 6.45) is 0.396. The van der Waals surface area contributed by atoms with Crippen LogP contribution in [-0.4, -0.2) is 44.7 Å².